The Morgan fingerprint density at radius 1 is 1.17 bits per heavy atom. The average molecular weight is 162 g/mol. The smallest absolute Gasteiger partial charge is 0.143 e. The number of carbonyl (C=O) groups excluding carboxylic acids is 1. The Labute approximate surface area is 72.8 Å². The lowest BCUT2D eigenvalue weighted by molar-refractivity contribution is -0.125. The first-order valence-corrected chi connectivity index (χ1v) is 4.93. The highest BCUT2D eigenvalue weighted by molar-refractivity contribution is 5.92. The fraction of sp³-hybridized carbons (Fsp3) is 0.727. The summed E-state index contributed by atoms with van der Waals surface area (Å²) in [5, 5.41) is 0. The molecule has 0 spiro atoms. The maximum absolute atomic E-state index is 11.8. The van der Waals surface area contributed by atoms with Crippen LogP contribution >= 0.6 is 0 Å². The van der Waals surface area contributed by atoms with Crippen molar-refractivity contribution in [1.29, 1.82) is 0 Å². The fourth-order valence-corrected chi connectivity index (χ4v) is 3.43. The Kier molecular flexibility index (Phi) is 1.05. The van der Waals surface area contributed by atoms with E-state index in [0.29, 0.717) is 23.5 Å². The van der Waals surface area contributed by atoms with Gasteiger partial charge in [-0.05, 0) is 38.5 Å². The molecule has 3 rings (SSSR count). The highest BCUT2D eigenvalue weighted by atomic mass is 16.1. The molecule has 0 aromatic heterocycles. The zero-order chi connectivity index (χ0) is 8.46. The number of Topliss-reactive ketones (excluding diaryl/α,β-unsaturated/α-hetero) is 1. The van der Waals surface area contributed by atoms with Crippen molar-refractivity contribution in [3.63, 3.8) is 0 Å². The topological polar surface area (TPSA) is 17.1 Å². The second-order valence-electron chi connectivity index (χ2n) is 4.62. The Hall–Kier alpha value is -0.590. The second kappa shape index (κ2) is 1.84. The summed E-state index contributed by atoms with van der Waals surface area (Å²) in [4.78, 5) is 11.8. The molecule has 3 aliphatic carbocycles. The van der Waals surface area contributed by atoms with Crippen LogP contribution < -0.4 is 0 Å². The van der Waals surface area contributed by atoms with Crippen LogP contribution in [-0.2, 0) is 4.79 Å². The third kappa shape index (κ3) is 0.502. The van der Waals surface area contributed by atoms with Gasteiger partial charge in [-0.25, -0.2) is 0 Å². The molecule has 0 amide bonds. The zero-order valence-electron chi connectivity index (χ0n) is 7.63. The summed E-state index contributed by atoms with van der Waals surface area (Å²) in [6.45, 7) is 4.35. The van der Waals surface area contributed by atoms with Crippen LogP contribution in [0.2, 0.25) is 0 Å². The van der Waals surface area contributed by atoms with Gasteiger partial charge in [0.05, 0.1) is 0 Å². The van der Waals surface area contributed by atoms with Gasteiger partial charge in [0, 0.05) is 11.8 Å². The van der Waals surface area contributed by atoms with Crippen LogP contribution in [0.25, 0.3) is 0 Å². The van der Waals surface area contributed by atoms with Crippen LogP contribution in [0.3, 0.4) is 0 Å². The molecule has 0 heterocycles. The van der Waals surface area contributed by atoms with E-state index in [-0.39, 0.29) is 0 Å². The number of ketones is 1. The molecule has 0 aromatic carbocycles. The quantitative estimate of drug-likeness (QED) is 0.499. The third-order valence-electron chi connectivity index (χ3n) is 4.41. The van der Waals surface area contributed by atoms with Crippen LogP contribution in [0.1, 0.15) is 26.7 Å². The van der Waals surface area contributed by atoms with Gasteiger partial charge in [0.15, 0.2) is 0 Å². The SMILES string of the molecule is CC1=C(C)C2C1C(=O)C1CCC12. The predicted octanol–water partition coefficient (Wildman–Crippen LogP) is 2.18. The molecule has 0 N–H and O–H groups in total. The lowest BCUT2D eigenvalue weighted by Crippen LogP contribution is -2.31. The summed E-state index contributed by atoms with van der Waals surface area (Å²) in [5.41, 5.74) is 2.92. The second-order valence-corrected chi connectivity index (χ2v) is 4.62. The summed E-state index contributed by atoms with van der Waals surface area (Å²) in [7, 11) is 0. The molecule has 0 aliphatic heterocycles. The summed E-state index contributed by atoms with van der Waals surface area (Å²) in [6, 6.07) is 0. The van der Waals surface area contributed by atoms with Crippen molar-refractivity contribution in [1.82, 2.24) is 0 Å². The van der Waals surface area contributed by atoms with Gasteiger partial charge in [-0.1, -0.05) is 11.1 Å². The molecule has 2 fully saturated rings. The van der Waals surface area contributed by atoms with Crippen molar-refractivity contribution in [2.24, 2.45) is 23.7 Å². The number of allylic oxidation sites excluding steroid dienone is 2. The van der Waals surface area contributed by atoms with E-state index in [0.717, 1.165) is 5.92 Å². The van der Waals surface area contributed by atoms with Gasteiger partial charge in [-0.3, -0.25) is 4.79 Å². The lowest BCUT2D eigenvalue weighted by Gasteiger charge is -2.39. The molecule has 1 heteroatoms. The van der Waals surface area contributed by atoms with Crippen molar-refractivity contribution >= 4 is 5.78 Å². The fourth-order valence-electron chi connectivity index (χ4n) is 3.43. The van der Waals surface area contributed by atoms with E-state index >= 15 is 0 Å². The molecule has 4 unspecified atom stereocenters. The number of rotatable bonds is 0. The third-order valence-corrected chi connectivity index (χ3v) is 4.41. The molecule has 0 radical (unpaired) electrons. The average Bonchev–Trinajstić information content (AvgIpc) is 2.16. The van der Waals surface area contributed by atoms with E-state index in [9.17, 15) is 4.79 Å². The highest BCUT2D eigenvalue weighted by Crippen LogP contribution is 2.61. The molecule has 0 bridgehead atoms. The molecule has 0 aromatic rings. The van der Waals surface area contributed by atoms with Crippen LogP contribution in [0.15, 0.2) is 11.1 Å². The Bertz CT molecular complexity index is 300. The van der Waals surface area contributed by atoms with Crippen molar-refractivity contribution in [2.75, 3.05) is 0 Å². The number of hydrogen-bond acceptors (Lipinski definition) is 1. The van der Waals surface area contributed by atoms with Crippen molar-refractivity contribution in [3.05, 3.63) is 11.1 Å². The number of carbonyl (C=O) groups is 1. The van der Waals surface area contributed by atoms with Gasteiger partial charge in [0.1, 0.15) is 5.78 Å². The first-order chi connectivity index (χ1) is 5.72. The van der Waals surface area contributed by atoms with Crippen LogP contribution in [-0.4, -0.2) is 5.78 Å². The summed E-state index contributed by atoms with van der Waals surface area (Å²) in [5.74, 6) is 2.83. The summed E-state index contributed by atoms with van der Waals surface area (Å²) >= 11 is 0. The minimum Gasteiger partial charge on any atom is -0.299 e. The zero-order valence-corrected chi connectivity index (χ0v) is 7.63. The Balaban J connectivity index is 2.03. The first kappa shape index (κ1) is 6.88. The van der Waals surface area contributed by atoms with Crippen LogP contribution in [0.5, 0.6) is 0 Å². The summed E-state index contributed by atoms with van der Waals surface area (Å²) in [6.07, 6.45) is 2.49. The summed E-state index contributed by atoms with van der Waals surface area (Å²) < 4.78 is 0. The molecule has 12 heavy (non-hydrogen) atoms. The number of fused-ring (bicyclic) bond motifs is 3. The van der Waals surface area contributed by atoms with E-state index < -0.39 is 0 Å². The normalized spacial score (nSPS) is 49.7. The lowest BCUT2D eigenvalue weighted by atomic mass is 9.64. The minimum absolute atomic E-state index is 0.363. The predicted molar refractivity (Wildman–Crippen MR) is 46.6 cm³/mol. The van der Waals surface area contributed by atoms with Crippen molar-refractivity contribution < 1.29 is 4.79 Å². The molecule has 2 saturated carbocycles. The van der Waals surface area contributed by atoms with Gasteiger partial charge in [0.25, 0.3) is 0 Å². The molecule has 4 atom stereocenters. The highest BCUT2D eigenvalue weighted by Gasteiger charge is 2.59. The molecular formula is C11H14O. The maximum Gasteiger partial charge on any atom is 0.143 e. The van der Waals surface area contributed by atoms with Gasteiger partial charge < -0.3 is 0 Å². The van der Waals surface area contributed by atoms with Gasteiger partial charge in [0.2, 0.25) is 0 Å². The molecule has 0 saturated heterocycles. The van der Waals surface area contributed by atoms with Gasteiger partial charge in [-0.2, -0.15) is 0 Å². The largest absolute Gasteiger partial charge is 0.299 e. The minimum atomic E-state index is 0.363. The molecule has 64 valence electrons. The van der Waals surface area contributed by atoms with Crippen LogP contribution in [0, 0.1) is 23.7 Å². The molecular weight excluding hydrogens is 148 g/mol. The van der Waals surface area contributed by atoms with E-state index in [1.807, 2.05) is 0 Å². The Morgan fingerprint density at radius 3 is 2.50 bits per heavy atom. The van der Waals surface area contributed by atoms with E-state index in [2.05, 4.69) is 13.8 Å². The van der Waals surface area contributed by atoms with Gasteiger partial charge >= 0.3 is 0 Å². The first-order valence-electron chi connectivity index (χ1n) is 4.93. The monoisotopic (exact) mass is 162 g/mol. The Morgan fingerprint density at radius 2 is 1.92 bits per heavy atom. The van der Waals surface area contributed by atoms with Crippen molar-refractivity contribution in [3.8, 4) is 0 Å². The molecule has 1 nitrogen and oxygen atoms in total. The standard InChI is InChI=1S/C11H14O/c1-5-6(2)10-9(5)7-3-4-8(7)11(10)12/h7-10H,3-4H2,1-2H3. The van der Waals surface area contributed by atoms with E-state index in [1.54, 1.807) is 0 Å². The van der Waals surface area contributed by atoms with Crippen LogP contribution in [0.4, 0.5) is 0 Å². The molecule has 3 aliphatic rings. The number of hydrogen-bond donors (Lipinski definition) is 0. The van der Waals surface area contributed by atoms with Crippen molar-refractivity contribution in [2.45, 2.75) is 26.7 Å². The van der Waals surface area contributed by atoms with Gasteiger partial charge in [-0.15, -0.1) is 0 Å². The maximum atomic E-state index is 11.8. The van der Waals surface area contributed by atoms with E-state index in [1.165, 1.54) is 24.0 Å². The van der Waals surface area contributed by atoms with E-state index in [4.69, 9.17) is 0 Å².